The van der Waals surface area contributed by atoms with Crippen LogP contribution in [0.5, 0.6) is 0 Å². The molecule has 0 radical (unpaired) electrons. The minimum Gasteiger partial charge on any atom is -0.370 e. The first-order chi connectivity index (χ1) is 13.3. The molecule has 4 amide bonds. The number of hydrogen-bond donors (Lipinski definition) is 3. The van der Waals surface area contributed by atoms with E-state index in [1.807, 2.05) is 4.90 Å². The molecule has 28 heavy (non-hydrogen) atoms. The molecule has 1 aromatic rings. The lowest BCUT2D eigenvalue weighted by Gasteiger charge is -2.20. The quantitative estimate of drug-likeness (QED) is 0.602. The standard InChI is InChI=1S/C12H22N2O2.C8H8N2O2/c13-11(15)7-3-4-8-12(16)14-9-5-1-2-6-10-14;9-7(11)5-1-2-6(4-3-5)8(10)12/h1-10H2,(H2,13,15);1-4H,(H2,9,11)(H2,10,12). The van der Waals surface area contributed by atoms with Gasteiger partial charge in [-0.1, -0.05) is 12.8 Å². The third kappa shape index (κ3) is 9.16. The Morgan fingerprint density at radius 3 is 1.54 bits per heavy atom. The summed E-state index contributed by atoms with van der Waals surface area (Å²) in [6.07, 6.45) is 7.21. The largest absolute Gasteiger partial charge is 0.370 e. The van der Waals surface area contributed by atoms with Crippen LogP contribution in [-0.4, -0.2) is 41.6 Å². The zero-order chi connectivity index (χ0) is 20.9. The van der Waals surface area contributed by atoms with Crippen LogP contribution >= 0.6 is 0 Å². The molecule has 1 aliphatic rings. The average molecular weight is 390 g/mol. The van der Waals surface area contributed by atoms with Crippen LogP contribution in [0.1, 0.15) is 72.1 Å². The third-order valence-corrected chi connectivity index (χ3v) is 4.48. The molecule has 0 aromatic heterocycles. The summed E-state index contributed by atoms with van der Waals surface area (Å²) in [5.41, 5.74) is 15.7. The van der Waals surface area contributed by atoms with Gasteiger partial charge in [-0.15, -0.1) is 0 Å². The van der Waals surface area contributed by atoms with Crippen LogP contribution in [0.2, 0.25) is 0 Å². The van der Waals surface area contributed by atoms with Crippen molar-refractivity contribution in [3.05, 3.63) is 35.4 Å². The fraction of sp³-hybridized carbons (Fsp3) is 0.500. The van der Waals surface area contributed by atoms with Crippen molar-refractivity contribution < 1.29 is 19.2 Å². The van der Waals surface area contributed by atoms with Gasteiger partial charge in [0, 0.05) is 37.1 Å². The van der Waals surface area contributed by atoms with Gasteiger partial charge in [0.05, 0.1) is 0 Å². The first-order valence-electron chi connectivity index (χ1n) is 9.57. The lowest BCUT2D eigenvalue weighted by Crippen LogP contribution is -2.31. The van der Waals surface area contributed by atoms with Crippen molar-refractivity contribution in [3.63, 3.8) is 0 Å². The molecule has 8 heteroatoms. The van der Waals surface area contributed by atoms with Crippen molar-refractivity contribution in [1.82, 2.24) is 4.90 Å². The first-order valence-corrected chi connectivity index (χ1v) is 9.57. The van der Waals surface area contributed by atoms with E-state index in [0.29, 0.717) is 24.0 Å². The van der Waals surface area contributed by atoms with Gasteiger partial charge < -0.3 is 22.1 Å². The summed E-state index contributed by atoms with van der Waals surface area (Å²) in [4.78, 5) is 45.5. The molecular formula is C20H30N4O4. The summed E-state index contributed by atoms with van der Waals surface area (Å²) in [6.45, 7) is 1.82. The number of carbonyl (C=O) groups is 4. The van der Waals surface area contributed by atoms with Crippen LogP contribution < -0.4 is 17.2 Å². The fourth-order valence-corrected chi connectivity index (χ4v) is 2.85. The van der Waals surface area contributed by atoms with Crippen molar-refractivity contribution in [2.24, 2.45) is 17.2 Å². The van der Waals surface area contributed by atoms with Gasteiger partial charge in [-0.05, 0) is 49.9 Å². The van der Waals surface area contributed by atoms with Crippen LogP contribution in [0.3, 0.4) is 0 Å². The summed E-state index contributed by atoms with van der Waals surface area (Å²) < 4.78 is 0. The van der Waals surface area contributed by atoms with Crippen molar-refractivity contribution in [3.8, 4) is 0 Å². The molecule has 0 bridgehead atoms. The molecule has 2 rings (SSSR count). The Morgan fingerprint density at radius 1 is 0.714 bits per heavy atom. The summed E-state index contributed by atoms with van der Waals surface area (Å²) in [5.74, 6) is -1.08. The molecule has 0 atom stereocenters. The maximum Gasteiger partial charge on any atom is 0.248 e. The Kier molecular flexibility index (Phi) is 10.3. The second kappa shape index (κ2) is 12.5. The van der Waals surface area contributed by atoms with Crippen LogP contribution in [0.25, 0.3) is 0 Å². The van der Waals surface area contributed by atoms with Gasteiger partial charge in [-0.25, -0.2) is 0 Å². The van der Waals surface area contributed by atoms with E-state index in [4.69, 9.17) is 17.2 Å². The molecule has 0 aliphatic carbocycles. The average Bonchev–Trinajstić information content (AvgIpc) is 2.95. The molecule has 1 fully saturated rings. The summed E-state index contributed by atoms with van der Waals surface area (Å²) >= 11 is 0. The van der Waals surface area contributed by atoms with E-state index in [-0.39, 0.29) is 11.8 Å². The molecule has 0 spiro atoms. The second-order valence-corrected chi connectivity index (χ2v) is 6.77. The van der Waals surface area contributed by atoms with Crippen LogP contribution in [-0.2, 0) is 9.59 Å². The fourth-order valence-electron chi connectivity index (χ4n) is 2.85. The normalized spacial score (nSPS) is 13.6. The molecule has 0 saturated carbocycles. The van der Waals surface area contributed by atoms with E-state index < -0.39 is 11.8 Å². The topological polar surface area (TPSA) is 150 Å². The first kappa shape index (κ1) is 23.1. The van der Waals surface area contributed by atoms with E-state index in [0.717, 1.165) is 38.8 Å². The lowest BCUT2D eigenvalue weighted by atomic mass is 10.1. The summed E-state index contributed by atoms with van der Waals surface area (Å²) in [5, 5.41) is 0. The lowest BCUT2D eigenvalue weighted by molar-refractivity contribution is -0.131. The maximum absolute atomic E-state index is 11.8. The molecule has 1 saturated heterocycles. The number of unbranched alkanes of at least 4 members (excludes halogenated alkanes) is 1. The van der Waals surface area contributed by atoms with Gasteiger partial charge in [0.2, 0.25) is 23.6 Å². The third-order valence-electron chi connectivity index (χ3n) is 4.48. The number of nitrogens with two attached hydrogens (primary N) is 3. The Hall–Kier alpha value is -2.90. The van der Waals surface area contributed by atoms with Crippen LogP contribution in [0.15, 0.2) is 24.3 Å². The predicted octanol–water partition coefficient (Wildman–Crippen LogP) is 1.32. The predicted molar refractivity (Wildman–Crippen MR) is 106 cm³/mol. The Morgan fingerprint density at radius 2 is 1.14 bits per heavy atom. The van der Waals surface area contributed by atoms with E-state index in [2.05, 4.69) is 0 Å². The van der Waals surface area contributed by atoms with E-state index in [1.165, 1.54) is 37.1 Å². The van der Waals surface area contributed by atoms with Gasteiger partial charge in [0.15, 0.2) is 0 Å². The molecular weight excluding hydrogens is 360 g/mol. The molecule has 1 aliphatic heterocycles. The number of benzene rings is 1. The van der Waals surface area contributed by atoms with Gasteiger partial charge in [-0.3, -0.25) is 19.2 Å². The number of hydrogen-bond acceptors (Lipinski definition) is 4. The van der Waals surface area contributed by atoms with Crippen molar-refractivity contribution in [1.29, 1.82) is 0 Å². The summed E-state index contributed by atoms with van der Waals surface area (Å²) in [6, 6.07) is 5.84. The number of likely N-dealkylation sites (tertiary alicyclic amines) is 1. The minimum atomic E-state index is -0.522. The Balaban J connectivity index is 0.000000292. The summed E-state index contributed by atoms with van der Waals surface area (Å²) in [7, 11) is 0. The number of nitrogens with zero attached hydrogens (tertiary/aromatic N) is 1. The van der Waals surface area contributed by atoms with Gasteiger partial charge in [0.25, 0.3) is 0 Å². The van der Waals surface area contributed by atoms with E-state index in [1.54, 1.807) is 0 Å². The van der Waals surface area contributed by atoms with E-state index >= 15 is 0 Å². The van der Waals surface area contributed by atoms with Crippen molar-refractivity contribution >= 4 is 23.6 Å². The monoisotopic (exact) mass is 390 g/mol. The maximum atomic E-state index is 11.8. The van der Waals surface area contributed by atoms with Crippen molar-refractivity contribution in [2.75, 3.05) is 13.1 Å². The van der Waals surface area contributed by atoms with Gasteiger partial charge >= 0.3 is 0 Å². The highest BCUT2D eigenvalue weighted by Gasteiger charge is 2.14. The Labute approximate surface area is 165 Å². The number of amides is 4. The van der Waals surface area contributed by atoms with Crippen molar-refractivity contribution in [2.45, 2.75) is 51.4 Å². The van der Waals surface area contributed by atoms with Gasteiger partial charge in [0.1, 0.15) is 0 Å². The SMILES string of the molecule is NC(=O)CCCCC(=O)N1CCCCCC1.NC(=O)c1ccc(C(N)=O)cc1. The molecule has 1 heterocycles. The smallest absolute Gasteiger partial charge is 0.248 e. The number of rotatable bonds is 7. The molecule has 8 nitrogen and oxygen atoms in total. The number of carbonyl (C=O) groups excluding carboxylic acids is 4. The minimum absolute atomic E-state index is 0.242. The van der Waals surface area contributed by atoms with Gasteiger partial charge in [-0.2, -0.15) is 0 Å². The number of primary amides is 3. The molecule has 6 N–H and O–H groups in total. The molecule has 0 unspecified atom stereocenters. The zero-order valence-corrected chi connectivity index (χ0v) is 16.2. The highest BCUT2D eigenvalue weighted by atomic mass is 16.2. The molecule has 1 aromatic carbocycles. The highest BCUT2D eigenvalue weighted by Crippen LogP contribution is 2.12. The van der Waals surface area contributed by atoms with Crippen LogP contribution in [0.4, 0.5) is 0 Å². The second-order valence-electron chi connectivity index (χ2n) is 6.77. The molecule has 154 valence electrons. The van der Waals surface area contributed by atoms with E-state index in [9.17, 15) is 19.2 Å². The zero-order valence-electron chi connectivity index (χ0n) is 16.2. The highest BCUT2D eigenvalue weighted by molar-refractivity contribution is 5.96. The Bertz CT molecular complexity index is 632. The van der Waals surface area contributed by atoms with Crippen LogP contribution in [0, 0.1) is 0 Å².